The summed E-state index contributed by atoms with van der Waals surface area (Å²) < 4.78 is 2.46. The van der Waals surface area contributed by atoms with Crippen LogP contribution in [0.15, 0.2) is 15.7 Å². The van der Waals surface area contributed by atoms with E-state index in [0.717, 1.165) is 4.57 Å². The van der Waals surface area contributed by atoms with E-state index in [-0.39, 0.29) is 17.9 Å². The van der Waals surface area contributed by atoms with Crippen LogP contribution in [0.25, 0.3) is 0 Å². The van der Waals surface area contributed by atoms with Crippen molar-refractivity contribution in [2.75, 3.05) is 13.2 Å². The van der Waals surface area contributed by atoms with Gasteiger partial charge in [-0.1, -0.05) is 0 Å². The van der Waals surface area contributed by atoms with E-state index in [2.05, 4.69) is 5.32 Å². The quantitative estimate of drug-likeness (QED) is 0.577. The molecule has 0 spiro atoms. The Labute approximate surface area is 86.8 Å². The van der Waals surface area contributed by atoms with Crippen LogP contribution in [0.3, 0.4) is 0 Å². The largest absolute Gasteiger partial charge is 0.395 e. The molecule has 0 unspecified atom stereocenters. The van der Waals surface area contributed by atoms with Crippen molar-refractivity contribution in [2.45, 2.75) is 6.54 Å². The van der Waals surface area contributed by atoms with Crippen LogP contribution in [-0.2, 0) is 20.6 Å². The highest BCUT2D eigenvalue weighted by molar-refractivity contribution is 5.01. The van der Waals surface area contributed by atoms with Crippen LogP contribution in [-0.4, -0.2) is 27.4 Å². The van der Waals surface area contributed by atoms with Gasteiger partial charge in [0.1, 0.15) is 0 Å². The van der Waals surface area contributed by atoms with E-state index in [0.29, 0.717) is 18.8 Å². The summed E-state index contributed by atoms with van der Waals surface area (Å²) in [6, 6.07) is 1.41. The average molecular weight is 213 g/mol. The molecule has 0 saturated carbocycles. The molecule has 0 fully saturated rings. The molecule has 6 heteroatoms. The molecule has 0 aliphatic carbocycles. The number of rotatable bonds is 4. The zero-order valence-corrected chi connectivity index (χ0v) is 8.86. The minimum atomic E-state index is -0.344. The standard InChI is InChI=1S/C9H15N3O3/c1-11-7(6-10-3-4-13)5-8(14)12(2)9(11)15/h5,10,13H,3-4,6H2,1-2H3. The molecule has 1 heterocycles. The predicted molar refractivity (Wildman–Crippen MR) is 55.7 cm³/mol. The highest BCUT2D eigenvalue weighted by Crippen LogP contribution is 1.88. The minimum absolute atomic E-state index is 0.0266. The highest BCUT2D eigenvalue weighted by atomic mass is 16.3. The number of nitrogens with one attached hydrogen (secondary N) is 1. The van der Waals surface area contributed by atoms with Crippen LogP contribution in [0.4, 0.5) is 0 Å². The SMILES string of the molecule is Cn1c(CNCCO)cc(=O)n(C)c1=O. The van der Waals surface area contributed by atoms with Crippen molar-refractivity contribution >= 4 is 0 Å². The van der Waals surface area contributed by atoms with Crippen LogP contribution in [0.5, 0.6) is 0 Å². The monoisotopic (exact) mass is 213 g/mol. The van der Waals surface area contributed by atoms with Gasteiger partial charge in [0.2, 0.25) is 0 Å². The Morgan fingerprint density at radius 1 is 1.33 bits per heavy atom. The fourth-order valence-electron chi connectivity index (χ4n) is 1.24. The number of hydrogen-bond acceptors (Lipinski definition) is 4. The summed E-state index contributed by atoms with van der Waals surface area (Å²) in [5.74, 6) is 0. The fraction of sp³-hybridized carbons (Fsp3) is 0.556. The van der Waals surface area contributed by atoms with E-state index in [1.807, 2.05) is 0 Å². The molecule has 2 N–H and O–H groups in total. The van der Waals surface area contributed by atoms with Gasteiger partial charge in [0, 0.05) is 38.9 Å². The lowest BCUT2D eigenvalue weighted by atomic mass is 10.4. The predicted octanol–water partition coefficient (Wildman–Crippen LogP) is -1.83. The molecule has 0 atom stereocenters. The van der Waals surface area contributed by atoms with Crippen LogP contribution < -0.4 is 16.6 Å². The van der Waals surface area contributed by atoms with Crippen molar-refractivity contribution in [2.24, 2.45) is 14.1 Å². The molecular formula is C9H15N3O3. The summed E-state index contributed by atoms with van der Waals surface area (Å²) in [6.07, 6.45) is 0. The Bertz CT molecular complexity index is 447. The Morgan fingerprint density at radius 3 is 2.60 bits per heavy atom. The van der Waals surface area contributed by atoms with Crippen LogP contribution in [0, 0.1) is 0 Å². The second-order valence-corrected chi connectivity index (χ2v) is 3.27. The summed E-state index contributed by atoms with van der Waals surface area (Å²) in [6.45, 7) is 0.852. The van der Waals surface area contributed by atoms with Gasteiger partial charge in [0.15, 0.2) is 0 Å². The maximum atomic E-state index is 11.5. The third-order valence-corrected chi connectivity index (χ3v) is 2.22. The fourth-order valence-corrected chi connectivity index (χ4v) is 1.24. The van der Waals surface area contributed by atoms with E-state index in [4.69, 9.17) is 5.11 Å². The third-order valence-electron chi connectivity index (χ3n) is 2.22. The second kappa shape index (κ2) is 4.90. The van der Waals surface area contributed by atoms with Crippen LogP contribution in [0.1, 0.15) is 5.69 Å². The smallest absolute Gasteiger partial charge is 0.330 e. The highest BCUT2D eigenvalue weighted by Gasteiger charge is 2.04. The molecule has 1 aromatic rings. The summed E-state index contributed by atoms with van der Waals surface area (Å²) >= 11 is 0. The maximum absolute atomic E-state index is 11.5. The maximum Gasteiger partial charge on any atom is 0.330 e. The van der Waals surface area contributed by atoms with E-state index in [1.54, 1.807) is 7.05 Å². The molecule has 6 nitrogen and oxygen atoms in total. The first-order chi connectivity index (χ1) is 7.07. The van der Waals surface area contributed by atoms with Gasteiger partial charge < -0.3 is 10.4 Å². The van der Waals surface area contributed by atoms with E-state index in [1.165, 1.54) is 17.7 Å². The number of aliphatic hydroxyl groups is 1. The number of aliphatic hydroxyl groups excluding tert-OH is 1. The lowest BCUT2D eigenvalue weighted by molar-refractivity contribution is 0.291. The van der Waals surface area contributed by atoms with Gasteiger partial charge in [0.05, 0.1) is 6.61 Å². The Balaban J connectivity index is 3.00. The van der Waals surface area contributed by atoms with Crippen LogP contribution >= 0.6 is 0 Å². The van der Waals surface area contributed by atoms with Crippen LogP contribution in [0.2, 0.25) is 0 Å². The van der Waals surface area contributed by atoms with Crippen molar-refractivity contribution in [1.82, 2.24) is 14.5 Å². The molecule has 0 aliphatic rings. The lowest BCUT2D eigenvalue weighted by Gasteiger charge is -2.09. The molecule has 0 amide bonds. The van der Waals surface area contributed by atoms with Crippen molar-refractivity contribution in [3.8, 4) is 0 Å². The topological polar surface area (TPSA) is 76.3 Å². The molecule has 15 heavy (non-hydrogen) atoms. The van der Waals surface area contributed by atoms with Gasteiger partial charge in [-0.2, -0.15) is 0 Å². The number of nitrogens with zero attached hydrogens (tertiary/aromatic N) is 2. The van der Waals surface area contributed by atoms with Crippen molar-refractivity contribution in [1.29, 1.82) is 0 Å². The van der Waals surface area contributed by atoms with Gasteiger partial charge in [-0.25, -0.2) is 4.79 Å². The molecule has 0 radical (unpaired) electrons. The van der Waals surface area contributed by atoms with Gasteiger partial charge in [0.25, 0.3) is 5.56 Å². The van der Waals surface area contributed by atoms with Gasteiger partial charge in [-0.15, -0.1) is 0 Å². The van der Waals surface area contributed by atoms with Crippen molar-refractivity contribution in [3.05, 3.63) is 32.6 Å². The Hall–Kier alpha value is -1.40. The molecule has 1 rings (SSSR count). The minimum Gasteiger partial charge on any atom is -0.395 e. The summed E-state index contributed by atoms with van der Waals surface area (Å²) in [7, 11) is 3.05. The summed E-state index contributed by atoms with van der Waals surface area (Å²) in [5, 5.41) is 11.5. The molecule has 1 aromatic heterocycles. The molecule has 0 aromatic carbocycles. The average Bonchev–Trinajstić information content (AvgIpc) is 2.23. The first-order valence-electron chi connectivity index (χ1n) is 4.65. The van der Waals surface area contributed by atoms with E-state index >= 15 is 0 Å². The molecule has 0 aliphatic heterocycles. The zero-order chi connectivity index (χ0) is 11.4. The molecule has 84 valence electrons. The van der Waals surface area contributed by atoms with Crippen molar-refractivity contribution < 1.29 is 5.11 Å². The van der Waals surface area contributed by atoms with Gasteiger partial charge in [-0.3, -0.25) is 13.9 Å². The lowest BCUT2D eigenvalue weighted by Crippen LogP contribution is -2.39. The van der Waals surface area contributed by atoms with Crippen molar-refractivity contribution in [3.63, 3.8) is 0 Å². The first-order valence-corrected chi connectivity index (χ1v) is 4.65. The zero-order valence-electron chi connectivity index (χ0n) is 8.86. The van der Waals surface area contributed by atoms with Gasteiger partial charge in [-0.05, 0) is 0 Å². The molecule has 0 saturated heterocycles. The third kappa shape index (κ3) is 2.54. The first kappa shape index (κ1) is 11.7. The Morgan fingerprint density at radius 2 is 2.00 bits per heavy atom. The normalized spacial score (nSPS) is 10.6. The number of aromatic nitrogens is 2. The van der Waals surface area contributed by atoms with E-state index in [9.17, 15) is 9.59 Å². The Kier molecular flexibility index (Phi) is 3.81. The van der Waals surface area contributed by atoms with E-state index < -0.39 is 0 Å². The second-order valence-electron chi connectivity index (χ2n) is 3.27. The summed E-state index contributed by atoms with van der Waals surface area (Å²) in [4.78, 5) is 22.8. The molecule has 0 bridgehead atoms. The summed E-state index contributed by atoms with van der Waals surface area (Å²) in [5.41, 5.74) is -0.0567. The van der Waals surface area contributed by atoms with Gasteiger partial charge >= 0.3 is 5.69 Å². The molecular weight excluding hydrogens is 198 g/mol. The number of hydrogen-bond donors (Lipinski definition) is 2.